The molecule has 2 amide bonds. The summed E-state index contributed by atoms with van der Waals surface area (Å²) in [4.78, 5) is 29.2. The van der Waals surface area contributed by atoms with Gasteiger partial charge in [0.2, 0.25) is 0 Å². The Morgan fingerprint density at radius 1 is 0.923 bits per heavy atom. The second-order valence-corrected chi connectivity index (χ2v) is 11.4. The van der Waals surface area contributed by atoms with E-state index < -0.39 is 11.2 Å². The van der Waals surface area contributed by atoms with Gasteiger partial charge in [-0.15, -0.1) is 0 Å². The van der Waals surface area contributed by atoms with Gasteiger partial charge in [0.25, 0.3) is 5.91 Å². The number of fused-ring (bicyclic) bond motifs is 1. The quantitative estimate of drug-likeness (QED) is 0.388. The molecule has 5 rings (SSSR count). The molecule has 6 nitrogen and oxygen atoms in total. The third-order valence-corrected chi connectivity index (χ3v) is 7.21. The number of benzene rings is 3. The number of nitrogens with zero attached hydrogens (tertiary/aromatic N) is 2. The molecule has 6 heteroatoms. The molecule has 0 atom stereocenters. The summed E-state index contributed by atoms with van der Waals surface area (Å²) >= 11 is 0. The molecule has 0 bridgehead atoms. The summed E-state index contributed by atoms with van der Waals surface area (Å²) in [6.07, 6.45) is 3.27. The summed E-state index contributed by atoms with van der Waals surface area (Å²) in [5.74, 6) is 0.821. The maximum Gasteiger partial charge on any atom is 0.410 e. The number of amides is 2. The van der Waals surface area contributed by atoms with E-state index in [4.69, 9.17) is 9.47 Å². The highest BCUT2D eigenvalue weighted by atomic mass is 16.6. The van der Waals surface area contributed by atoms with E-state index in [0.29, 0.717) is 38.0 Å². The van der Waals surface area contributed by atoms with E-state index in [1.54, 1.807) is 9.80 Å². The summed E-state index contributed by atoms with van der Waals surface area (Å²) in [5.41, 5.74) is 3.85. The molecule has 2 aliphatic rings. The SMILES string of the molecule is CN(Cc1ccccc1)C(=O)c1ccc(C2=CC3(CCN(C(=O)OC(C)(C)C)CC3)Oc3ccccc32)cc1. The number of rotatable bonds is 4. The van der Waals surface area contributed by atoms with Crippen LogP contribution < -0.4 is 4.74 Å². The first-order chi connectivity index (χ1) is 18.6. The van der Waals surface area contributed by atoms with Crippen molar-refractivity contribution in [3.05, 3.63) is 107 Å². The second kappa shape index (κ2) is 10.6. The topological polar surface area (TPSA) is 59.1 Å². The van der Waals surface area contributed by atoms with Gasteiger partial charge in [0.15, 0.2) is 0 Å². The molecule has 3 aromatic rings. The van der Waals surface area contributed by atoms with Crippen LogP contribution in [0.2, 0.25) is 0 Å². The normalized spacial score (nSPS) is 16.1. The van der Waals surface area contributed by atoms with Gasteiger partial charge in [-0.25, -0.2) is 4.79 Å². The summed E-state index contributed by atoms with van der Waals surface area (Å²) < 4.78 is 12.2. The molecule has 0 aliphatic carbocycles. The van der Waals surface area contributed by atoms with Crippen molar-refractivity contribution in [3.8, 4) is 5.75 Å². The molecule has 0 unspecified atom stereocenters. The van der Waals surface area contributed by atoms with Crippen LogP contribution in [0.4, 0.5) is 4.79 Å². The maximum atomic E-state index is 13.1. The van der Waals surface area contributed by atoms with Gasteiger partial charge in [-0.1, -0.05) is 60.7 Å². The van der Waals surface area contributed by atoms with E-state index in [-0.39, 0.29) is 12.0 Å². The molecular weight excluding hydrogens is 488 g/mol. The van der Waals surface area contributed by atoms with E-state index in [9.17, 15) is 9.59 Å². The smallest absolute Gasteiger partial charge is 0.410 e. The van der Waals surface area contributed by atoms with E-state index in [2.05, 4.69) is 12.1 Å². The number of piperidine rings is 1. The maximum absolute atomic E-state index is 13.1. The molecule has 39 heavy (non-hydrogen) atoms. The molecule has 0 N–H and O–H groups in total. The minimum atomic E-state index is -0.524. The fourth-order valence-electron chi connectivity index (χ4n) is 5.19. The van der Waals surface area contributed by atoms with E-state index in [1.807, 2.05) is 101 Å². The third-order valence-electron chi connectivity index (χ3n) is 7.21. The van der Waals surface area contributed by atoms with Crippen LogP contribution in [0.15, 0.2) is 84.9 Å². The predicted octanol–water partition coefficient (Wildman–Crippen LogP) is 6.55. The van der Waals surface area contributed by atoms with Gasteiger partial charge in [-0.05, 0) is 61.7 Å². The Morgan fingerprint density at radius 3 is 2.23 bits per heavy atom. The van der Waals surface area contributed by atoms with Crippen molar-refractivity contribution < 1.29 is 19.1 Å². The van der Waals surface area contributed by atoms with Gasteiger partial charge < -0.3 is 19.3 Å². The molecule has 3 aromatic carbocycles. The molecule has 2 heterocycles. The van der Waals surface area contributed by atoms with E-state index >= 15 is 0 Å². The Hall–Kier alpha value is -4.06. The van der Waals surface area contributed by atoms with Gasteiger partial charge in [0, 0.05) is 50.7 Å². The van der Waals surface area contributed by atoms with Crippen LogP contribution in [0.25, 0.3) is 5.57 Å². The van der Waals surface area contributed by atoms with Gasteiger partial charge in [-0.3, -0.25) is 4.79 Å². The summed E-state index contributed by atoms with van der Waals surface area (Å²) in [5, 5.41) is 0. The van der Waals surface area contributed by atoms with Crippen molar-refractivity contribution in [2.45, 2.75) is 51.4 Å². The predicted molar refractivity (Wildman–Crippen MR) is 153 cm³/mol. The average Bonchev–Trinajstić information content (AvgIpc) is 2.92. The van der Waals surface area contributed by atoms with Crippen LogP contribution in [-0.2, 0) is 11.3 Å². The zero-order valence-corrected chi connectivity index (χ0v) is 23.1. The molecule has 0 aromatic heterocycles. The van der Waals surface area contributed by atoms with E-state index in [1.165, 1.54) is 0 Å². The largest absolute Gasteiger partial charge is 0.482 e. The van der Waals surface area contributed by atoms with Crippen molar-refractivity contribution in [1.82, 2.24) is 9.80 Å². The number of hydrogen-bond donors (Lipinski definition) is 0. The summed E-state index contributed by atoms with van der Waals surface area (Å²) in [6.45, 7) is 7.32. The van der Waals surface area contributed by atoms with Gasteiger partial charge in [0.05, 0.1) is 0 Å². The number of likely N-dealkylation sites (tertiary alicyclic amines) is 1. The number of hydrogen-bond acceptors (Lipinski definition) is 4. The summed E-state index contributed by atoms with van der Waals surface area (Å²) in [7, 11) is 1.83. The fraction of sp³-hybridized carbons (Fsp3) is 0.333. The standard InChI is InChI=1S/C33H36N2O4/c1-32(2,3)39-31(37)35-20-18-33(19-21-35)22-28(27-12-8-9-13-29(27)38-33)25-14-16-26(17-15-25)30(36)34(4)23-24-10-6-5-7-11-24/h5-17,22H,18-21,23H2,1-4H3. The lowest BCUT2D eigenvalue weighted by atomic mass is 9.83. The van der Waals surface area contributed by atoms with Crippen LogP contribution in [0, 0.1) is 0 Å². The van der Waals surface area contributed by atoms with Crippen LogP contribution in [-0.4, -0.2) is 53.1 Å². The molecular formula is C33H36N2O4. The fourth-order valence-corrected chi connectivity index (χ4v) is 5.19. The van der Waals surface area contributed by atoms with E-state index in [0.717, 1.165) is 28.0 Å². The molecule has 0 saturated carbocycles. The Morgan fingerprint density at radius 2 is 1.56 bits per heavy atom. The zero-order chi connectivity index (χ0) is 27.6. The number of carbonyl (C=O) groups is 2. The van der Waals surface area contributed by atoms with Gasteiger partial charge >= 0.3 is 6.09 Å². The molecule has 2 aliphatic heterocycles. The molecule has 1 fully saturated rings. The van der Waals surface area contributed by atoms with Crippen LogP contribution >= 0.6 is 0 Å². The zero-order valence-electron chi connectivity index (χ0n) is 23.1. The first kappa shape index (κ1) is 26.5. The third kappa shape index (κ3) is 6.00. The highest BCUT2D eigenvalue weighted by Gasteiger charge is 2.40. The first-order valence-corrected chi connectivity index (χ1v) is 13.5. The van der Waals surface area contributed by atoms with Crippen LogP contribution in [0.1, 0.15) is 60.7 Å². The van der Waals surface area contributed by atoms with Crippen molar-refractivity contribution in [2.75, 3.05) is 20.1 Å². The van der Waals surface area contributed by atoms with Crippen molar-refractivity contribution >= 4 is 17.6 Å². The minimum absolute atomic E-state index is 0.0160. The second-order valence-electron chi connectivity index (χ2n) is 11.4. The summed E-state index contributed by atoms with van der Waals surface area (Å²) in [6, 6.07) is 25.9. The molecule has 0 radical (unpaired) electrons. The molecule has 1 saturated heterocycles. The van der Waals surface area contributed by atoms with Gasteiger partial charge in [0.1, 0.15) is 17.0 Å². The Kier molecular flexibility index (Phi) is 7.21. The molecule has 1 spiro atoms. The monoisotopic (exact) mass is 524 g/mol. The van der Waals surface area contributed by atoms with Crippen molar-refractivity contribution in [3.63, 3.8) is 0 Å². The highest BCUT2D eigenvalue weighted by molar-refractivity contribution is 5.95. The number of carbonyl (C=O) groups excluding carboxylic acids is 2. The lowest BCUT2D eigenvalue weighted by Gasteiger charge is -2.43. The molecule has 202 valence electrons. The van der Waals surface area contributed by atoms with Gasteiger partial charge in [-0.2, -0.15) is 0 Å². The first-order valence-electron chi connectivity index (χ1n) is 13.5. The number of ether oxygens (including phenoxy) is 2. The lowest BCUT2D eigenvalue weighted by Crippen LogP contribution is -2.50. The average molecular weight is 525 g/mol. The highest BCUT2D eigenvalue weighted by Crippen LogP contribution is 2.43. The van der Waals surface area contributed by atoms with Crippen molar-refractivity contribution in [1.29, 1.82) is 0 Å². The van der Waals surface area contributed by atoms with Crippen LogP contribution in [0.5, 0.6) is 5.75 Å². The minimum Gasteiger partial charge on any atom is -0.482 e. The van der Waals surface area contributed by atoms with Crippen molar-refractivity contribution in [2.24, 2.45) is 0 Å². The Balaban J connectivity index is 1.36. The van der Waals surface area contributed by atoms with Crippen LogP contribution in [0.3, 0.4) is 0 Å². The number of para-hydroxylation sites is 1. The Labute approximate surface area is 230 Å². The Bertz CT molecular complexity index is 1360. The lowest BCUT2D eigenvalue weighted by molar-refractivity contribution is -0.00117.